The van der Waals surface area contributed by atoms with Crippen molar-refractivity contribution in [1.82, 2.24) is 9.13 Å². The second-order valence-electron chi connectivity index (χ2n) is 6.42. The molecular formula is C18H22N2O4S. The maximum Gasteiger partial charge on any atom is 0.348 e. The number of carbonyl (C=O) groups is 1. The minimum absolute atomic E-state index is 0.0940. The van der Waals surface area contributed by atoms with Gasteiger partial charge in [0.1, 0.15) is 11.5 Å². The molecule has 2 aromatic rings. The number of aryl methyl sites for hydroxylation is 2. The van der Waals surface area contributed by atoms with E-state index in [9.17, 15) is 14.4 Å². The van der Waals surface area contributed by atoms with E-state index in [4.69, 9.17) is 4.74 Å². The summed E-state index contributed by atoms with van der Waals surface area (Å²) >= 11 is 1.51. The number of thiophene rings is 1. The molecule has 3 rings (SSSR count). The molecule has 0 aromatic carbocycles. The molecule has 1 aliphatic carbocycles. The van der Waals surface area contributed by atoms with Crippen LogP contribution in [0.4, 0.5) is 0 Å². The molecule has 0 aliphatic heterocycles. The average molecular weight is 362 g/mol. The first-order valence-electron chi connectivity index (χ1n) is 8.52. The Bertz CT molecular complexity index is 881. The molecule has 7 heteroatoms. The van der Waals surface area contributed by atoms with Crippen LogP contribution in [0.25, 0.3) is 0 Å². The molecular weight excluding hydrogens is 340 g/mol. The maximum absolute atomic E-state index is 12.4. The van der Waals surface area contributed by atoms with Crippen molar-refractivity contribution in [2.75, 3.05) is 0 Å². The van der Waals surface area contributed by atoms with Crippen molar-refractivity contribution < 1.29 is 9.53 Å². The Labute approximate surface area is 149 Å². The van der Waals surface area contributed by atoms with Gasteiger partial charge in [-0.05, 0) is 37.3 Å². The molecule has 0 radical (unpaired) electrons. The fraction of sp³-hybridized carbons (Fsp3) is 0.500. The monoisotopic (exact) mass is 362 g/mol. The maximum atomic E-state index is 12.4. The highest BCUT2D eigenvalue weighted by Crippen LogP contribution is 2.29. The summed E-state index contributed by atoms with van der Waals surface area (Å²) in [6.45, 7) is -0.0940. The van der Waals surface area contributed by atoms with Crippen molar-refractivity contribution in [3.05, 3.63) is 54.0 Å². The predicted octanol–water partition coefficient (Wildman–Crippen LogP) is 2.16. The van der Waals surface area contributed by atoms with Gasteiger partial charge in [0.2, 0.25) is 0 Å². The van der Waals surface area contributed by atoms with Crippen molar-refractivity contribution in [2.24, 2.45) is 14.1 Å². The molecule has 2 heterocycles. The Morgan fingerprint density at radius 1 is 1.08 bits per heavy atom. The van der Waals surface area contributed by atoms with E-state index in [0.717, 1.165) is 30.3 Å². The number of carbonyl (C=O) groups excluding carboxylic acids is 1. The van der Waals surface area contributed by atoms with Crippen molar-refractivity contribution in [2.45, 2.75) is 45.1 Å². The molecule has 0 fully saturated rings. The van der Waals surface area contributed by atoms with E-state index < -0.39 is 17.2 Å². The van der Waals surface area contributed by atoms with Crippen molar-refractivity contribution >= 4 is 17.3 Å². The molecule has 0 bridgehead atoms. The highest BCUT2D eigenvalue weighted by atomic mass is 32.1. The van der Waals surface area contributed by atoms with Crippen molar-refractivity contribution in [1.29, 1.82) is 0 Å². The molecule has 2 aromatic heterocycles. The van der Waals surface area contributed by atoms with E-state index >= 15 is 0 Å². The fourth-order valence-electron chi connectivity index (χ4n) is 3.07. The van der Waals surface area contributed by atoms with Gasteiger partial charge in [-0.25, -0.2) is 9.59 Å². The zero-order valence-corrected chi connectivity index (χ0v) is 15.4. The summed E-state index contributed by atoms with van der Waals surface area (Å²) in [7, 11) is 2.98. The Kier molecular flexibility index (Phi) is 5.22. The number of hydrogen-bond acceptors (Lipinski definition) is 5. The van der Waals surface area contributed by atoms with E-state index in [2.05, 4.69) is 0 Å². The third-order valence-electron chi connectivity index (χ3n) is 4.67. The van der Waals surface area contributed by atoms with Crippen LogP contribution in [0.2, 0.25) is 0 Å². The summed E-state index contributed by atoms with van der Waals surface area (Å²) in [5, 5.41) is 0. The zero-order valence-electron chi connectivity index (χ0n) is 14.5. The largest absolute Gasteiger partial charge is 0.455 e. The average Bonchev–Trinajstić information content (AvgIpc) is 2.97. The lowest BCUT2D eigenvalue weighted by Gasteiger charge is -2.09. The van der Waals surface area contributed by atoms with Crippen LogP contribution in [-0.4, -0.2) is 15.1 Å². The van der Waals surface area contributed by atoms with Crippen LogP contribution in [0.5, 0.6) is 0 Å². The summed E-state index contributed by atoms with van der Waals surface area (Å²) in [6, 6.07) is 3.26. The second-order valence-corrected chi connectivity index (χ2v) is 7.56. The van der Waals surface area contributed by atoms with Gasteiger partial charge in [-0.15, -0.1) is 11.3 Å². The Morgan fingerprint density at radius 3 is 2.56 bits per heavy atom. The minimum Gasteiger partial charge on any atom is -0.455 e. The Hall–Kier alpha value is -2.15. The molecule has 25 heavy (non-hydrogen) atoms. The zero-order chi connectivity index (χ0) is 18.0. The van der Waals surface area contributed by atoms with Crippen molar-refractivity contribution in [3.8, 4) is 0 Å². The molecule has 0 saturated heterocycles. The fourth-order valence-corrected chi connectivity index (χ4v) is 4.22. The molecule has 6 nitrogen and oxygen atoms in total. The number of aromatic nitrogens is 2. The Balaban J connectivity index is 1.74. The molecule has 0 atom stereocenters. The van der Waals surface area contributed by atoms with Crippen LogP contribution in [0, 0.1) is 0 Å². The summed E-state index contributed by atoms with van der Waals surface area (Å²) < 4.78 is 7.69. The number of esters is 1. The number of fused-ring (bicyclic) bond motifs is 1. The van der Waals surface area contributed by atoms with Gasteiger partial charge < -0.3 is 4.74 Å². The summed E-state index contributed by atoms with van der Waals surface area (Å²) in [5.41, 5.74) is 0.805. The van der Waals surface area contributed by atoms with E-state index in [0.29, 0.717) is 10.6 Å². The number of ether oxygens (including phenoxy) is 1. The van der Waals surface area contributed by atoms with E-state index in [1.165, 1.54) is 52.3 Å². The lowest BCUT2D eigenvalue weighted by atomic mass is 10.00. The summed E-state index contributed by atoms with van der Waals surface area (Å²) in [6.07, 6.45) is 6.85. The highest BCUT2D eigenvalue weighted by Gasteiger charge is 2.17. The molecule has 0 saturated carbocycles. The number of hydrogen-bond donors (Lipinski definition) is 0. The summed E-state index contributed by atoms with van der Waals surface area (Å²) in [4.78, 5) is 37.9. The first-order valence-corrected chi connectivity index (χ1v) is 9.33. The highest BCUT2D eigenvalue weighted by molar-refractivity contribution is 7.14. The molecule has 0 amide bonds. The first kappa shape index (κ1) is 17.7. The molecule has 134 valence electrons. The van der Waals surface area contributed by atoms with Gasteiger partial charge in [0.25, 0.3) is 5.56 Å². The lowest BCUT2D eigenvalue weighted by molar-refractivity contribution is 0.0468. The van der Waals surface area contributed by atoms with E-state index in [1.54, 1.807) is 7.05 Å². The van der Waals surface area contributed by atoms with Crippen LogP contribution in [0.3, 0.4) is 0 Å². The molecule has 0 N–H and O–H groups in total. The number of rotatable bonds is 3. The van der Waals surface area contributed by atoms with Gasteiger partial charge in [-0.3, -0.25) is 13.9 Å². The van der Waals surface area contributed by atoms with Crippen LogP contribution in [0.15, 0.2) is 21.7 Å². The van der Waals surface area contributed by atoms with Gasteiger partial charge in [0.05, 0.1) is 5.69 Å². The first-order chi connectivity index (χ1) is 12.0. The van der Waals surface area contributed by atoms with Crippen LogP contribution in [-0.2, 0) is 38.3 Å². The standard InChI is InChI=1S/C18H22N2O4S/c1-19-13(10-16(21)20(2)18(19)23)11-24-17(22)15-9-12-7-5-3-4-6-8-14(12)25-15/h9-10H,3-8,11H2,1-2H3. The van der Waals surface area contributed by atoms with Crippen LogP contribution < -0.4 is 11.2 Å². The minimum atomic E-state index is -0.433. The van der Waals surface area contributed by atoms with Gasteiger partial charge in [-0.1, -0.05) is 12.8 Å². The molecule has 0 spiro atoms. The predicted molar refractivity (Wildman–Crippen MR) is 96.2 cm³/mol. The third kappa shape index (κ3) is 3.76. The van der Waals surface area contributed by atoms with E-state index in [1.807, 2.05) is 6.07 Å². The van der Waals surface area contributed by atoms with Gasteiger partial charge in [0, 0.05) is 25.0 Å². The second kappa shape index (κ2) is 7.39. The van der Waals surface area contributed by atoms with Gasteiger partial charge in [-0.2, -0.15) is 0 Å². The van der Waals surface area contributed by atoms with Crippen LogP contribution in [0.1, 0.15) is 51.5 Å². The SMILES string of the molecule is Cn1c(COC(=O)c2cc3c(s2)CCCCCC3)cc(=O)n(C)c1=O. The Morgan fingerprint density at radius 2 is 1.80 bits per heavy atom. The number of nitrogens with zero attached hydrogens (tertiary/aromatic N) is 2. The van der Waals surface area contributed by atoms with Gasteiger partial charge >= 0.3 is 11.7 Å². The van der Waals surface area contributed by atoms with Crippen molar-refractivity contribution in [3.63, 3.8) is 0 Å². The molecule has 0 unspecified atom stereocenters. The quantitative estimate of drug-likeness (QED) is 0.785. The summed E-state index contributed by atoms with van der Waals surface area (Å²) in [5.74, 6) is -0.398. The smallest absolute Gasteiger partial charge is 0.348 e. The third-order valence-corrected chi connectivity index (χ3v) is 5.89. The topological polar surface area (TPSA) is 70.3 Å². The normalized spacial score (nSPS) is 14.5. The lowest BCUT2D eigenvalue weighted by Crippen LogP contribution is -2.38. The molecule has 1 aliphatic rings. The van der Waals surface area contributed by atoms with Gasteiger partial charge in [0.15, 0.2) is 0 Å². The van der Waals surface area contributed by atoms with Crippen LogP contribution >= 0.6 is 11.3 Å². The van der Waals surface area contributed by atoms with E-state index in [-0.39, 0.29) is 6.61 Å².